The third-order valence-corrected chi connectivity index (χ3v) is 7.81. The zero-order valence-corrected chi connectivity index (χ0v) is 26.6. The number of ether oxygens (including phenoxy) is 3. The van der Waals surface area contributed by atoms with Crippen LogP contribution in [0.25, 0.3) is 17.2 Å². The summed E-state index contributed by atoms with van der Waals surface area (Å²) in [7, 11) is 0. The Balaban J connectivity index is 1.38. The maximum atomic E-state index is 13.1. The second-order valence-corrected chi connectivity index (χ2v) is 11.3. The quantitative estimate of drug-likeness (QED) is 0.0712. The van der Waals surface area contributed by atoms with Crippen LogP contribution < -0.4 is 14.8 Å². The number of hydrogen-bond donors (Lipinski definition) is 1. The molecule has 238 valence electrons. The van der Waals surface area contributed by atoms with Crippen LogP contribution in [-0.4, -0.2) is 41.9 Å². The zero-order valence-electron chi connectivity index (χ0n) is 25.8. The summed E-state index contributed by atoms with van der Waals surface area (Å²) in [6.07, 6.45) is 6.66. The van der Waals surface area contributed by atoms with Gasteiger partial charge in [-0.15, -0.1) is 11.8 Å². The molecule has 4 aromatic rings. The lowest BCUT2D eigenvalue weighted by molar-refractivity contribution is -0.111. The van der Waals surface area contributed by atoms with Gasteiger partial charge in [0.05, 0.1) is 24.3 Å². The number of anilines is 1. The van der Waals surface area contributed by atoms with Crippen molar-refractivity contribution in [1.29, 1.82) is 0 Å². The first kappa shape index (κ1) is 33.7. The smallest absolute Gasteiger partial charge is 0.387 e. The van der Waals surface area contributed by atoms with Crippen LogP contribution in [0.4, 0.5) is 14.5 Å². The topological polar surface area (TPSA) is 74.6 Å². The molecule has 1 N–H and O–H groups in total. The van der Waals surface area contributed by atoms with Crippen molar-refractivity contribution in [3.8, 4) is 22.6 Å². The van der Waals surface area contributed by atoms with E-state index < -0.39 is 12.5 Å². The van der Waals surface area contributed by atoms with E-state index in [1.54, 1.807) is 23.9 Å². The van der Waals surface area contributed by atoms with Crippen molar-refractivity contribution in [2.75, 3.05) is 25.1 Å². The maximum Gasteiger partial charge on any atom is 0.387 e. The number of aromatic nitrogens is 2. The van der Waals surface area contributed by atoms with Gasteiger partial charge in [0.15, 0.2) is 0 Å². The van der Waals surface area contributed by atoms with Gasteiger partial charge in [0.1, 0.15) is 18.1 Å². The molecule has 0 saturated carbocycles. The molecule has 7 nitrogen and oxygen atoms in total. The number of rotatable bonds is 17. The molecule has 0 atom stereocenters. The number of hydrogen-bond acceptors (Lipinski definition) is 6. The Bertz CT molecular complexity index is 1540. The fraction of sp³-hybridized carbons (Fsp3) is 0.314. The number of thioether (sulfide) groups is 1. The summed E-state index contributed by atoms with van der Waals surface area (Å²) in [4.78, 5) is 18.2. The summed E-state index contributed by atoms with van der Waals surface area (Å²) < 4.78 is 44.3. The maximum absolute atomic E-state index is 13.1. The second kappa shape index (κ2) is 17.4. The van der Waals surface area contributed by atoms with Gasteiger partial charge in [0.25, 0.3) is 0 Å². The predicted molar refractivity (Wildman–Crippen MR) is 176 cm³/mol. The number of carbonyl (C=O) groups is 1. The third kappa shape index (κ3) is 10.5. The van der Waals surface area contributed by atoms with Crippen LogP contribution in [-0.2, 0) is 21.8 Å². The van der Waals surface area contributed by atoms with Crippen LogP contribution in [0.5, 0.6) is 11.5 Å². The van der Waals surface area contributed by atoms with Gasteiger partial charge < -0.3 is 24.1 Å². The fourth-order valence-corrected chi connectivity index (χ4v) is 5.54. The minimum atomic E-state index is -3.00. The summed E-state index contributed by atoms with van der Waals surface area (Å²) in [6.45, 7) is 5.82. The van der Waals surface area contributed by atoms with E-state index in [1.807, 2.05) is 61.8 Å². The Morgan fingerprint density at radius 1 is 0.978 bits per heavy atom. The Hall–Kier alpha value is -4.15. The van der Waals surface area contributed by atoms with Crippen molar-refractivity contribution in [3.63, 3.8) is 0 Å². The molecule has 1 amide bonds. The highest BCUT2D eigenvalue weighted by Gasteiger charge is 2.11. The van der Waals surface area contributed by atoms with E-state index >= 15 is 0 Å². The Labute approximate surface area is 267 Å². The highest BCUT2D eigenvalue weighted by Crippen LogP contribution is 2.30. The summed E-state index contributed by atoms with van der Waals surface area (Å²) in [5, 5.41) is 2.82. The van der Waals surface area contributed by atoms with E-state index in [-0.39, 0.29) is 5.75 Å². The minimum Gasteiger partial charge on any atom is -0.491 e. The van der Waals surface area contributed by atoms with E-state index in [4.69, 9.17) is 14.2 Å². The molecule has 0 aliphatic rings. The highest BCUT2D eigenvalue weighted by molar-refractivity contribution is 7.98. The van der Waals surface area contributed by atoms with Gasteiger partial charge in [-0.3, -0.25) is 4.79 Å². The SMILES string of the molecule is CCCOCCOc1ccc(-c2ccc(OC(F)F)c(/C=C/C(=O)Nc3ccc(SCc4c(C)ncn4CCC)cc3)c2)cc1. The number of nitrogens with zero attached hydrogens (tertiary/aromatic N) is 2. The number of benzene rings is 3. The molecule has 1 aromatic heterocycles. The first-order valence-electron chi connectivity index (χ1n) is 15.0. The first-order valence-corrected chi connectivity index (χ1v) is 16.0. The molecular formula is C35H39F2N3O4S. The van der Waals surface area contributed by atoms with Crippen LogP contribution in [0.2, 0.25) is 0 Å². The van der Waals surface area contributed by atoms with Gasteiger partial charge >= 0.3 is 6.61 Å². The normalized spacial score (nSPS) is 11.3. The van der Waals surface area contributed by atoms with Gasteiger partial charge in [-0.25, -0.2) is 4.98 Å². The molecule has 0 bridgehead atoms. The average Bonchev–Trinajstić information content (AvgIpc) is 3.38. The predicted octanol–water partition coefficient (Wildman–Crippen LogP) is 8.62. The first-order chi connectivity index (χ1) is 21.9. The number of halogens is 2. The largest absolute Gasteiger partial charge is 0.491 e. The Kier molecular flexibility index (Phi) is 13.0. The highest BCUT2D eigenvalue weighted by atomic mass is 32.2. The molecule has 4 rings (SSSR count). The monoisotopic (exact) mass is 635 g/mol. The van der Waals surface area contributed by atoms with Gasteiger partial charge in [0.2, 0.25) is 5.91 Å². The van der Waals surface area contributed by atoms with Crippen LogP contribution in [0.1, 0.15) is 43.6 Å². The lowest BCUT2D eigenvalue weighted by Gasteiger charge is -2.11. The number of carbonyl (C=O) groups excluding carboxylic acids is 1. The van der Waals surface area contributed by atoms with Crippen molar-refractivity contribution in [3.05, 3.63) is 96.1 Å². The van der Waals surface area contributed by atoms with Crippen LogP contribution in [0.3, 0.4) is 0 Å². The number of aryl methyl sites for hydroxylation is 2. The number of imidazole rings is 1. The van der Waals surface area contributed by atoms with E-state index in [2.05, 4.69) is 28.7 Å². The average molecular weight is 636 g/mol. The molecule has 0 fully saturated rings. The van der Waals surface area contributed by atoms with Crippen molar-refractivity contribution in [2.45, 2.75) is 57.4 Å². The van der Waals surface area contributed by atoms with Gasteiger partial charge in [-0.1, -0.05) is 32.0 Å². The summed E-state index contributed by atoms with van der Waals surface area (Å²) >= 11 is 1.71. The molecule has 0 unspecified atom stereocenters. The van der Waals surface area contributed by atoms with Crippen molar-refractivity contribution in [2.24, 2.45) is 0 Å². The zero-order chi connectivity index (χ0) is 32.0. The summed E-state index contributed by atoms with van der Waals surface area (Å²) in [6, 6.07) is 19.9. The number of alkyl halides is 2. The standard InChI is InChI=1S/C35H39F2N3O4S/c1-4-18-40-24-38-25(3)32(40)23-45-31-14-10-29(11-15-31)39-34(41)17-9-28-22-27(8-16-33(28)44-35(36)37)26-6-12-30(13-7-26)43-21-20-42-19-5-2/h6-17,22,24,35H,4-5,18-21,23H2,1-3H3,(H,39,41)/b17-9+. The lowest BCUT2D eigenvalue weighted by atomic mass is 10.0. The van der Waals surface area contributed by atoms with E-state index in [0.717, 1.165) is 46.9 Å². The minimum absolute atomic E-state index is 0.0262. The molecule has 0 radical (unpaired) electrons. The molecule has 10 heteroatoms. The number of amides is 1. The lowest BCUT2D eigenvalue weighted by Crippen LogP contribution is -2.08. The van der Waals surface area contributed by atoms with Gasteiger partial charge in [-0.05, 0) is 85.5 Å². The second-order valence-electron chi connectivity index (χ2n) is 10.2. The van der Waals surface area contributed by atoms with E-state index in [1.165, 1.54) is 23.9 Å². The molecule has 3 aromatic carbocycles. The fourth-order valence-electron chi connectivity index (χ4n) is 4.53. The van der Waals surface area contributed by atoms with Crippen molar-refractivity contribution >= 4 is 29.4 Å². The van der Waals surface area contributed by atoms with Crippen LogP contribution in [0.15, 0.2) is 84.0 Å². The van der Waals surface area contributed by atoms with Gasteiger partial charge in [-0.2, -0.15) is 8.78 Å². The van der Waals surface area contributed by atoms with Crippen LogP contribution in [0, 0.1) is 6.92 Å². The molecular weight excluding hydrogens is 596 g/mol. The van der Waals surface area contributed by atoms with Crippen LogP contribution >= 0.6 is 11.8 Å². The van der Waals surface area contributed by atoms with Crippen molar-refractivity contribution in [1.82, 2.24) is 9.55 Å². The molecule has 0 spiro atoms. The number of nitrogens with one attached hydrogen (secondary N) is 1. The molecule has 0 saturated heterocycles. The van der Waals surface area contributed by atoms with E-state index in [9.17, 15) is 13.6 Å². The Morgan fingerprint density at radius 2 is 1.73 bits per heavy atom. The third-order valence-electron chi connectivity index (χ3n) is 6.79. The molecule has 45 heavy (non-hydrogen) atoms. The Morgan fingerprint density at radius 3 is 2.44 bits per heavy atom. The summed E-state index contributed by atoms with van der Waals surface area (Å²) in [5.41, 5.74) is 4.84. The van der Waals surface area contributed by atoms with Crippen molar-refractivity contribution < 1.29 is 27.8 Å². The molecule has 1 heterocycles. The molecule has 0 aliphatic heterocycles. The van der Waals surface area contributed by atoms with E-state index in [0.29, 0.717) is 36.8 Å². The molecule has 0 aliphatic carbocycles. The summed E-state index contributed by atoms with van der Waals surface area (Å²) in [5.74, 6) is 1.08. The van der Waals surface area contributed by atoms with Gasteiger partial charge in [0, 0.05) is 41.1 Å².